The van der Waals surface area contributed by atoms with Crippen LogP contribution in [0.1, 0.15) is 40.8 Å². The molecule has 0 spiro atoms. The smallest absolute Gasteiger partial charge is 0.179 e. The zero-order chi connectivity index (χ0) is 22.8. The van der Waals surface area contributed by atoms with Gasteiger partial charge in [0.2, 0.25) is 0 Å². The van der Waals surface area contributed by atoms with Crippen LogP contribution in [0.3, 0.4) is 0 Å². The SMILES string of the molecule is CC(C)c1ccc(-c2csc(C(N)(Cc3ccccc3-c3nnn[nH]3)c3cccs3)n2)cc1. The predicted molar refractivity (Wildman–Crippen MR) is 134 cm³/mol. The van der Waals surface area contributed by atoms with E-state index in [4.69, 9.17) is 10.7 Å². The molecule has 6 nitrogen and oxygen atoms in total. The number of nitrogens with two attached hydrogens (primary N) is 1. The molecular formula is C25H24N6S2. The van der Waals surface area contributed by atoms with Gasteiger partial charge in [-0.25, -0.2) is 10.1 Å². The minimum atomic E-state index is -0.765. The first kappa shape index (κ1) is 21.6. The number of tetrazole rings is 1. The van der Waals surface area contributed by atoms with Gasteiger partial charge < -0.3 is 5.73 Å². The summed E-state index contributed by atoms with van der Waals surface area (Å²) in [5.41, 5.74) is 11.8. The molecule has 0 radical (unpaired) electrons. The maximum absolute atomic E-state index is 7.19. The lowest BCUT2D eigenvalue weighted by atomic mass is 9.88. The van der Waals surface area contributed by atoms with Crippen molar-refractivity contribution in [2.75, 3.05) is 0 Å². The summed E-state index contributed by atoms with van der Waals surface area (Å²) in [5, 5.41) is 19.5. The lowest BCUT2D eigenvalue weighted by molar-refractivity contribution is 0.543. The first-order valence-corrected chi connectivity index (χ1v) is 12.5. The van der Waals surface area contributed by atoms with Crippen molar-refractivity contribution in [2.24, 2.45) is 5.73 Å². The summed E-state index contributed by atoms with van der Waals surface area (Å²) in [4.78, 5) is 6.10. The molecule has 1 unspecified atom stereocenters. The normalized spacial score (nSPS) is 13.3. The van der Waals surface area contributed by atoms with Crippen LogP contribution in [0, 0.1) is 0 Å². The molecule has 0 bridgehead atoms. The Morgan fingerprint density at radius 1 is 1.00 bits per heavy atom. The van der Waals surface area contributed by atoms with Crippen molar-refractivity contribution < 1.29 is 0 Å². The van der Waals surface area contributed by atoms with E-state index in [1.807, 2.05) is 24.3 Å². The Bertz CT molecular complexity index is 1320. The molecule has 5 rings (SSSR count). The molecule has 8 heteroatoms. The van der Waals surface area contributed by atoms with Gasteiger partial charge in [0.1, 0.15) is 10.5 Å². The van der Waals surface area contributed by atoms with Crippen LogP contribution in [0.15, 0.2) is 71.4 Å². The molecule has 3 aromatic heterocycles. The average Bonchev–Trinajstić information content (AvgIpc) is 3.62. The fourth-order valence-electron chi connectivity index (χ4n) is 3.93. The maximum atomic E-state index is 7.19. The largest absolute Gasteiger partial charge is 0.315 e. The van der Waals surface area contributed by atoms with Crippen molar-refractivity contribution in [1.82, 2.24) is 25.6 Å². The third kappa shape index (κ3) is 4.25. The monoisotopic (exact) mass is 472 g/mol. The van der Waals surface area contributed by atoms with Crippen LogP contribution in [0.4, 0.5) is 0 Å². The molecule has 5 aromatic rings. The Kier molecular flexibility index (Phi) is 5.88. The highest BCUT2D eigenvalue weighted by Crippen LogP contribution is 2.38. The van der Waals surface area contributed by atoms with Crippen LogP contribution in [0.25, 0.3) is 22.6 Å². The van der Waals surface area contributed by atoms with Crippen molar-refractivity contribution in [1.29, 1.82) is 0 Å². The summed E-state index contributed by atoms with van der Waals surface area (Å²) in [6.45, 7) is 4.40. The number of benzene rings is 2. The quantitative estimate of drug-likeness (QED) is 0.321. The van der Waals surface area contributed by atoms with Crippen molar-refractivity contribution >= 4 is 22.7 Å². The highest BCUT2D eigenvalue weighted by molar-refractivity contribution is 7.11. The van der Waals surface area contributed by atoms with Crippen LogP contribution in [0.5, 0.6) is 0 Å². The van der Waals surface area contributed by atoms with E-state index < -0.39 is 5.54 Å². The van der Waals surface area contributed by atoms with Crippen LogP contribution >= 0.6 is 22.7 Å². The van der Waals surface area contributed by atoms with Gasteiger partial charge >= 0.3 is 0 Å². The fourth-order valence-corrected chi connectivity index (χ4v) is 5.79. The number of thiazole rings is 1. The molecule has 0 aliphatic rings. The molecule has 166 valence electrons. The molecular weight excluding hydrogens is 448 g/mol. The first-order chi connectivity index (χ1) is 16.0. The van der Waals surface area contributed by atoms with E-state index in [0.29, 0.717) is 18.2 Å². The van der Waals surface area contributed by atoms with Gasteiger partial charge in [-0.05, 0) is 38.9 Å². The topological polar surface area (TPSA) is 93.4 Å². The highest BCUT2D eigenvalue weighted by Gasteiger charge is 2.35. The molecule has 33 heavy (non-hydrogen) atoms. The lowest BCUT2D eigenvalue weighted by Gasteiger charge is -2.27. The summed E-state index contributed by atoms with van der Waals surface area (Å²) in [5.74, 6) is 1.13. The van der Waals surface area contributed by atoms with Crippen molar-refractivity contribution in [3.8, 4) is 22.6 Å². The minimum absolute atomic E-state index is 0.500. The molecule has 0 saturated carbocycles. The van der Waals surface area contributed by atoms with E-state index in [1.54, 1.807) is 22.7 Å². The highest BCUT2D eigenvalue weighted by atomic mass is 32.1. The number of aromatic amines is 1. The third-order valence-electron chi connectivity index (χ3n) is 5.81. The zero-order valence-electron chi connectivity index (χ0n) is 18.4. The predicted octanol–water partition coefficient (Wildman–Crippen LogP) is 5.62. The molecule has 0 saturated heterocycles. The van der Waals surface area contributed by atoms with E-state index in [9.17, 15) is 0 Å². The molecule has 3 heterocycles. The fraction of sp³-hybridized carbons (Fsp3) is 0.200. The Hall–Kier alpha value is -3.20. The molecule has 0 aliphatic heterocycles. The van der Waals surface area contributed by atoms with Gasteiger partial charge in [-0.1, -0.05) is 68.4 Å². The number of nitrogens with zero attached hydrogens (tertiary/aromatic N) is 4. The summed E-state index contributed by atoms with van der Waals surface area (Å²) >= 11 is 3.26. The van der Waals surface area contributed by atoms with Crippen LogP contribution < -0.4 is 5.73 Å². The van der Waals surface area contributed by atoms with Crippen molar-refractivity contribution in [3.05, 3.63) is 92.4 Å². The second-order valence-corrected chi connectivity index (χ2v) is 10.2. The van der Waals surface area contributed by atoms with Crippen LogP contribution in [0.2, 0.25) is 0 Å². The lowest BCUT2D eigenvalue weighted by Crippen LogP contribution is -2.39. The summed E-state index contributed by atoms with van der Waals surface area (Å²) in [6, 6.07) is 20.8. The standard InChI is InChI=1S/C25H24N6S2/c1-16(2)17-9-11-18(12-10-17)21-15-33-24(27-21)25(26,22-8-5-13-32-22)14-19-6-3-4-7-20(19)23-28-30-31-29-23/h3-13,15-16H,14,26H2,1-2H3,(H,28,29,30,31). The molecule has 0 fully saturated rings. The Balaban J connectivity index is 1.54. The number of rotatable bonds is 7. The van der Waals surface area contributed by atoms with Gasteiger partial charge in [0.15, 0.2) is 5.82 Å². The molecule has 0 amide bonds. The van der Waals surface area contributed by atoms with E-state index in [-0.39, 0.29) is 0 Å². The molecule has 1 atom stereocenters. The van der Waals surface area contributed by atoms with E-state index >= 15 is 0 Å². The minimum Gasteiger partial charge on any atom is -0.315 e. The van der Waals surface area contributed by atoms with Crippen LogP contribution in [-0.4, -0.2) is 25.6 Å². The van der Waals surface area contributed by atoms with Gasteiger partial charge in [0.25, 0.3) is 0 Å². The van der Waals surface area contributed by atoms with Gasteiger partial charge in [-0.15, -0.1) is 27.8 Å². The number of thiophene rings is 1. The number of nitrogens with one attached hydrogen (secondary N) is 1. The molecule has 2 aromatic carbocycles. The summed E-state index contributed by atoms with van der Waals surface area (Å²) in [6.07, 6.45) is 0.573. The number of hydrogen-bond acceptors (Lipinski definition) is 7. The number of hydrogen-bond donors (Lipinski definition) is 2. The van der Waals surface area contributed by atoms with E-state index in [0.717, 1.165) is 32.3 Å². The second kappa shape index (κ2) is 8.97. The summed E-state index contributed by atoms with van der Waals surface area (Å²) < 4.78 is 0. The number of H-pyrrole nitrogens is 1. The molecule has 0 aliphatic carbocycles. The van der Waals surface area contributed by atoms with E-state index in [1.165, 1.54) is 5.56 Å². The van der Waals surface area contributed by atoms with Crippen molar-refractivity contribution in [2.45, 2.75) is 31.7 Å². The Morgan fingerprint density at radius 3 is 2.52 bits per heavy atom. The maximum Gasteiger partial charge on any atom is 0.179 e. The Labute approximate surface area is 200 Å². The Morgan fingerprint density at radius 2 is 1.82 bits per heavy atom. The van der Waals surface area contributed by atoms with Gasteiger partial charge in [-0.3, -0.25) is 0 Å². The van der Waals surface area contributed by atoms with Gasteiger partial charge in [0, 0.05) is 27.8 Å². The van der Waals surface area contributed by atoms with Gasteiger partial charge in [-0.2, -0.15) is 0 Å². The van der Waals surface area contributed by atoms with Crippen molar-refractivity contribution in [3.63, 3.8) is 0 Å². The molecule has 3 N–H and O–H groups in total. The first-order valence-electron chi connectivity index (χ1n) is 10.8. The second-order valence-electron chi connectivity index (χ2n) is 8.35. The zero-order valence-corrected chi connectivity index (χ0v) is 20.0. The summed E-state index contributed by atoms with van der Waals surface area (Å²) in [7, 11) is 0. The van der Waals surface area contributed by atoms with Crippen LogP contribution in [-0.2, 0) is 12.0 Å². The third-order valence-corrected chi connectivity index (χ3v) is 7.87. The number of aromatic nitrogens is 5. The van der Waals surface area contributed by atoms with Gasteiger partial charge in [0.05, 0.1) is 5.69 Å². The average molecular weight is 473 g/mol. The van der Waals surface area contributed by atoms with E-state index in [2.05, 4.69) is 81.6 Å².